The average molecular weight is 472 g/mol. The molecule has 0 atom stereocenters. The zero-order valence-electron chi connectivity index (χ0n) is 17.9. The summed E-state index contributed by atoms with van der Waals surface area (Å²) in [6, 6.07) is 18.1. The molecule has 0 radical (unpaired) electrons. The number of hydrogen-bond donors (Lipinski definition) is 1. The van der Waals surface area contributed by atoms with Crippen LogP contribution in [0.2, 0.25) is 0 Å². The number of fused-ring (bicyclic) bond motifs is 1. The lowest BCUT2D eigenvalue weighted by atomic mass is 10.1. The molecule has 8 heteroatoms. The lowest BCUT2D eigenvalue weighted by molar-refractivity contribution is 0.307. The molecule has 0 aliphatic rings. The van der Waals surface area contributed by atoms with Crippen molar-refractivity contribution in [3.8, 4) is 5.75 Å². The highest BCUT2D eigenvalue weighted by molar-refractivity contribution is 7.98. The Balaban J connectivity index is 1.40. The third-order valence-electron chi connectivity index (χ3n) is 4.88. The molecule has 0 aliphatic heterocycles. The van der Waals surface area contributed by atoms with Gasteiger partial charge >= 0.3 is 0 Å². The molecule has 0 saturated heterocycles. The van der Waals surface area contributed by atoms with Crippen LogP contribution in [0, 0.1) is 6.92 Å². The molecule has 0 spiro atoms. The number of aromatic nitrogens is 4. The Morgan fingerprint density at radius 1 is 1.00 bits per heavy atom. The van der Waals surface area contributed by atoms with Gasteiger partial charge in [-0.3, -0.25) is 9.97 Å². The molecule has 4 aromatic heterocycles. The number of ether oxygens (including phenoxy) is 1. The van der Waals surface area contributed by atoms with E-state index in [9.17, 15) is 0 Å². The molecular weight excluding hydrogens is 450 g/mol. The topological polar surface area (TPSA) is 72.8 Å². The fraction of sp³-hybridized carbons (Fsp3) is 0.120. The molecule has 0 amide bonds. The summed E-state index contributed by atoms with van der Waals surface area (Å²) in [5, 5.41) is 7.18. The van der Waals surface area contributed by atoms with E-state index in [1.165, 1.54) is 11.3 Å². The molecule has 33 heavy (non-hydrogen) atoms. The second kappa shape index (κ2) is 9.97. The van der Waals surface area contributed by atoms with E-state index in [1.54, 1.807) is 18.0 Å². The van der Waals surface area contributed by atoms with Crippen LogP contribution in [0.15, 0.2) is 83.5 Å². The smallest absolute Gasteiger partial charge is 0.188 e. The summed E-state index contributed by atoms with van der Waals surface area (Å²) < 4.78 is 6.29. The molecule has 164 valence electrons. The van der Waals surface area contributed by atoms with Crippen molar-refractivity contribution in [3.05, 3.63) is 95.5 Å². The second-order valence-electron chi connectivity index (χ2n) is 7.33. The van der Waals surface area contributed by atoms with Crippen LogP contribution in [-0.4, -0.2) is 19.9 Å². The van der Waals surface area contributed by atoms with Crippen LogP contribution in [0.3, 0.4) is 0 Å². The predicted octanol–water partition coefficient (Wildman–Crippen LogP) is 6.40. The molecule has 0 aliphatic carbocycles. The van der Waals surface area contributed by atoms with Crippen molar-refractivity contribution in [1.29, 1.82) is 0 Å². The van der Waals surface area contributed by atoms with Gasteiger partial charge in [0.25, 0.3) is 0 Å². The van der Waals surface area contributed by atoms with Gasteiger partial charge in [0.1, 0.15) is 6.61 Å². The Hall–Kier alpha value is -3.49. The van der Waals surface area contributed by atoms with Crippen molar-refractivity contribution >= 4 is 45.0 Å². The van der Waals surface area contributed by atoms with E-state index in [1.807, 2.05) is 67.2 Å². The van der Waals surface area contributed by atoms with Crippen LogP contribution in [0.5, 0.6) is 5.75 Å². The van der Waals surface area contributed by atoms with E-state index < -0.39 is 0 Å². The minimum atomic E-state index is 0.385. The minimum absolute atomic E-state index is 0.385. The van der Waals surface area contributed by atoms with Gasteiger partial charge in [-0.05, 0) is 31.2 Å². The first-order chi connectivity index (χ1) is 16.2. The molecule has 4 heterocycles. The Morgan fingerprint density at radius 2 is 1.91 bits per heavy atom. The third kappa shape index (κ3) is 5.30. The van der Waals surface area contributed by atoms with Crippen LogP contribution < -0.4 is 10.1 Å². The van der Waals surface area contributed by atoms with Gasteiger partial charge in [0.15, 0.2) is 16.7 Å². The van der Waals surface area contributed by atoms with Crippen LogP contribution in [0.4, 0.5) is 10.9 Å². The van der Waals surface area contributed by atoms with Gasteiger partial charge in [-0.15, -0.1) is 23.1 Å². The van der Waals surface area contributed by atoms with Crippen LogP contribution in [0.1, 0.15) is 17.0 Å². The first kappa shape index (κ1) is 21.4. The fourth-order valence-corrected chi connectivity index (χ4v) is 4.79. The largest absolute Gasteiger partial charge is 0.485 e. The van der Waals surface area contributed by atoms with Crippen LogP contribution >= 0.6 is 23.1 Å². The summed E-state index contributed by atoms with van der Waals surface area (Å²) in [5.74, 6) is 2.06. The van der Waals surface area contributed by atoms with Crippen molar-refractivity contribution in [2.45, 2.75) is 24.2 Å². The van der Waals surface area contributed by atoms with Gasteiger partial charge in [0, 0.05) is 45.6 Å². The number of anilines is 2. The van der Waals surface area contributed by atoms with Crippen molar-refractivity contribution < 1.29 is 4.74 Å². The third-order valence-corrected chi connectivity index (χ3v) is 6.76. The lowest BCUT2D eigenvalue weighted by Gasteiger charge is -2.13. The summed E-state index contributed by atoms with van der Waals surface area (Å²) in [4.78, 5) is 19.1. The number of benzene rings is 1. The summed E-state index contributed by atoms with van der Waals surface area (Å²) in [5.41, 5.74) is 3.95. The molecule has 0 bridgehead atoms. The van der Waals surface area contributed by atoms with E-state index >= 15 is 0 Å². The number of thioether (sulfide) groups is 1. The molecule has 5 rings (SSSR count). The van der Waals surface area contributed by atoms with Gasteiger partial charge in [0.2, 0.25) is 0 Å². The number of thiazole rings is 1. The number of aryl methyl sites for hydroxylation is 1. The van der Waals surface area contributed by atoms with Gasteiger partial charge in [0.05, 0.1) is 16.9 Å². The van der Waals surface area contributed by atoms with Crippen LogP contribution in [0.25, 0.3) is 10.9 Å². The second-order valence-corrected chi connectivity index (χ2v) is 9.23. The molecular formula is C25H21N5OS2. The van der Waals surface area contributed by atoms with E-state index in [4.69, 9.17) is 4.74 Å². The van der Waals surface area contributed by atoms with E-state index in [-0.39, 0.29) is 0 Å². The maximum absolute atomic E-state index is 6.29. The number of para-hydroxylation sites is 1. The first-order valence-electron chi connectivity index (χ1n) is 10.4. The predicted molar refractivity (Wildman–Crippen MR) is 134 cm³/mol. The Kier molecular flexibility index (Phi) is 6.46. The van der Waals surface area contributed by atoms with Crippen molar-refractivity contribution in [3.63, 3.8) is 0 Å². The van der Waals surface area contributed by atoms with E-state index in [0.717, 1.165) is 43.6 Å². The average Bonchev–Trinajstić information content (AvgIpc) is 3.27. The van der Waals surface area contributed by atoms with Crippen molar-refractivity contribution in [2.75, 3.05) is 5.32 Å². The van der Waals surface area contributed by atoms with Crippen molar-refractivity contribution in [1.82, 2.24) is 19.9 Å². The number of nitrogens with zero attached hydrogens (tertiary/aromatic N) is 4. The lowest BCUT2D eigenvalue weighted by Crippen LogP contribution is -2.02. The monoisotopic (exact) mass is 471 g/mol. The van der Waals surface area contributed by atoms with E-state index in [2.05, 4.69) is 37.4 Å². The molecule has 6 nitrogen and oxygen atoms in total. The zero-order chi connectivity index (χ0) is 22.5. The quantitative estimate of drug-likeness (QED) is 0.262. The fourth-order valence-electron chi connectivity index (χ4n) is 3.30. The van der Waals surface area contributed by atoms with Gasteiger partial charge in [-0.1, -0.05) is 30.3 Å². The molecule has 0 fully saturated rings. The molecule has 1 N–H and O–H groups in total. The molecule has 0 unspecified atom stereocenters. The number of pyridine rings is 3. The van der Waals surface area contributed by atoms with Crippen LogP contribution in [-0.2, 0) is 12.4 Å². The number of rotatable bonds is 8. The Morgan fingerprint density at radius 3 is 2.76 bits per heavy atom. The van der Waals surface area contributed by atoms with Gasteiger partial charge < -0.3 is 10.1 Å². The summed E-state index contributed by atoms with van der Waals surface area (Å²) in [6.45, 7) is 2.35. The molecule has 5 aromatic rings. The standard InChI is InChI=1S/C25H21N5OS2/c1-17-15-33-25(29-17)30-24-22(12-21(13-28-24)32-16-20-9-2-3-10-26-20)31-14-19-7-4-6-18-8-5-11-27-23(18)19/h2-13,15H,14,16H2,1H3,(H,28,29,30). The van der Waals surface area contributed by atoms with Gasteiger partial charge in [-0.2, -0.15) is 0 Å². The van der Waals surface area contributed by atoms with E-state index in [0.29, 0.717) is 18.2 Å². The minimum Gasteiger partial charge on any atom is -0.485 e. The molecule has 0 saturated carbocycles. The number of nitrogens with one attached hydrogen (secondary N) is 1. The maximum atomic E-state index is 6.29. The number of hydrogen-bond acceptors (Lipinski definition) is 8. The highest BCUT2D eigenvalue weighted by Crippen LogP contribution is 2.33. The Labute approximate surface area is 200 Å². The summed E-state index contributed by atoms with van der Waals surface area (Å²) in [6.07, 6.45) is 5.46. The highest BCUT2D eigenvalue weighted by atomic mass is 32.2. The normalized spacial score (nSPS) is 10.9. The van der Waals surface area contributed by atoms with Crippen molar-refractivity contribution in [2.24, 2.45) is 0 Å². The first-order valence-corrected chi connectivity index (χ1v) is 12.3. The zero-order valence-corrected chi connectivity index (χ0v) is 19.6. The SMILES string of the molecule is Cc1csc(Nc2ncc(SCc3ccccn3)cc2OCc2cccc3cccnc23)n1. The summed E-state index contributed by atoms with van der Waals surface area (Å²) >= 11 is 3.21. The highest BCUT2D eigenvalue weighted by Gasteiger charge is 2.12. The maximum Gasteiger partial charge on any atom is 0.188 e. The molecule has 1 aromatic carbocycles. The summed E-state index contributed by atoms with van der Waals surface area (Å²) in [7, 11) is 0. The Bertz CT molecular complexity index is 1370. The van der Waals surface area contributed by atoms with Gasteiger partial charge in [-0.25, -0.2) is 9.97 Å².